The highest BCUT2D eigenvalue weighted by Gasteiger charge is 2.47. The molecule has 0 heterocycles. The maximum atomic E-state index is 11.9. The van der Waals surface area contributed by atoms with Gasteiger partial charge in [-0.05, 0) is 37.1 Å². The molecular weight excluding hydrogens is 366 g/mol. The zero-order valence-electron chi connectivity index (χ0n) is 15.5. The zero-order chi connectivity index (χ0) is 20.8. The molecule has 28 heavy (non-hydrogen) atoms. The summed E-state index contributed by atoms with van der Waals surface area (Å²) >= 11 is 0. The summed E-state index contributed by atoms with van der Waals surface area (Å²) in [6.07, 6.45) is 0.824. The minimum Gasteiger partial charge on any atom is -0.487 e. The molecule has 152 valence electrons. The Kier molecular flexibility index (Phi) is 7.40. The average Bonchev–Trinajstić information content (AvgIpc) is 2.64. The Hall–Kier alpha value is -2.60. The van der Waals surface area contributed by atoms with Crippen molar-refractivity contribution in [1.29, 1.82) is 0 Å². The van der Waals surface area contributed by atoms with Gasteiger partial charge < -0.3 is 30.5 Å². The second-order valence-corrected chi connectivity index (χ2v) is 6.89. The molecule has 1 aliphatic carbocycles. The molecule has 0 radical (unpaired) electrons. The van der Waals surface area contributed by atoms with Gasteiger partial charge in [0.15, 0.2) is 0 Å². The van der Waals surface area contributed by atoms with Gasteiger partial charge in [0.05, 0.1) is 12.0 Å². The molecule has 8 nitrogen and oxygen atoms in total. The molecule has 0 spiro atoms. The molecule has 1 aliphatic rings. The van der Waals surface area contributed by atoms with E-state index in [1.165, 1.54) is 0 Å². The Labute approximate surface area is 163 Å². The fourth-order valence-corrected chi connectivity index (χ4v) is 3.15. The molecule has 1 aromatic carbocycles. The van der Waals surface area contributed by atoms with E-state index in [-0.39, 0.29) is 12.3 Å². The number of unbranched alkanes of at least 4 members (excludes halogenated alkanes) is 1. The summed E-state index contributed by atoms with van der Waals surface area (Å²) in [7, 11) is 0. The Morgan fingerprint density at radius 2 is 1.96 bits per heavy atom. The van der Waals surface area contributed by atoms with Crippen molar-refractivity contribution in [2.75, 3.05) is 5.32 Å². The number of carboxylic acids is 1. The van der Waals surface area contributed by atoms with E-state index in [0.717, 1.165) is 0 Å². The Balaban J connectivity index is 2.05. The van der Waals surface area contributed by atoms with Crippen molar-refractivity contribution in [1.82, 2.24) is 0 Å². The van der Waals surface area contributed by atoms with E-state index in [0.29, 0.717) is 36.3 Å². The molecule has 1 fully saturated rings. The maximum Gasteiger partial charge on any atom is 0.309 e. The third-order valence-electron chi connectivity index (χ3n) is 4.76. The van der Waals surface area contributed by atoms with E-state index in [9.17, 15) is 30.0 Å². The number of hydrogen-bond acceptors (Lipinski definition) is 6. The number of rotatable bonds is 7. The summed E-state index contributed by atoms with van der Waals surface area (Å²) in [5, 5.41) is 41.8. The quantitative estimate of drug-likeness (QED) is 0.340. The zero-order valence-corrected chi connectivity index (χ0v) is 15.5. The van der Waals surface area contributed by atoms with Crippen LogP contribution in [0, 0.1) is 25.2 Å². The number of hydrogen-bond donors (Lipinski definition) is 5. The topological polar surface area (TPSA) is 136 Å². The van der Waals surface area contributed by atoms with Crippen LogP contribution in [-0.2, 0) is 9.59 Å². The largest absolute Gasteiger partial charge is 0.487 e. The van der Waals surface area contributed by atoms with Crippen LogP contribution in [0.2, 0.25) is 0 Å². The lowest BCUT2D eigenvalue weighted by molar-refractivity contribution is -0.174. The van der Waals surface area contributed by atoms with Gasteiger partial charge in [-0.25, -0.2) is 0 Å². The SMILES string of the molecule is C#CCCCC(=O)Nc1ccc(OC2CC(C(=O)O)C(O)C(O)C2O)c(C)c1. The first-order chi connectivity index (χ1) is 13.2. The standard InChI is InChI=1S/C20H25NO7/c1-3-4-5-6-16(22)21-12-7-8-14(11(2)9-12)28-15-10-13(20(26)27)17(23)19(25)18(15)24/h1,7-9,13,15,17-19,23-25H,4-6,10H2,2H3,(H,21,22)(H,26,27). The summed E-state index contributed by atoms with van der Waals surface area (Å²) in [5.74, 6) is 0.175. The van der Waals surface area contributed by atoms with Crippen LogP contribution in [0.4, 0.5) is 5.69 Å². The summed E-state index contributed by atoms with van der Waals surface area (Å²) < 4.78 is 5.72. The smallest absolute Gasteiger partial charge is 0.309 e. The van der Waals surface area contributed by atoms with Crippen LogP contribution in [0.1, 0.15) is 31.2 Å². The van der Waals surface area contributed by atoms with Crippen LogP contribution < -0.4 is 10.1 Å². The first kappa shape index (κ1) is 21.7. The Morgan fingerprint density at radius 1 is 1.25 bits per heavy atom. The Morgan fingerprint density at radius 3 is 2.57 bits per heavy atom. The fraction of sp³-hybridized carbons (Fsp3) is 0.500. The van der Waals surface area contributed by atoms with Crippen molar-refractivity contribution in [2.24, 2.45) is 5.92 Å². The summed E-state index contributed by atoms with van der Waals surface area (Å²) in [6.45, 7) is 1.73. The Bertz CT molecular complexity index is 757. The first-order valence-electron chi connectivity index (χ1n) is 9.02. The molecule has 0 bridgehead atoms. The van der Waals surface area contributed by atoms with E-state index in [2.05, 4.69) is 11.2 Å². The monoisotopic (exact) mass is 391 g/mol. The van der Waals surface area contributed by atoms with E-state index < -0.39 is 36.3 Å². The predicted octanol–water partition coefficient (Wildman–Crippen LogP) is 0.672. The number of aliphatic hydroxyl groups is 3. The number of aliphatic carboxylic acids is 1. The number of benzene rings is 1. The van der Waals surface area contributed by atoms with Gasteiger partial charge in [-0.1, -0.05) is 0 Å². The lowest BCUT2D eigenvalue weighted by Gasteiger charge is -2.38. The molecule has 0 aromatic heterocycles. The van der Waals surface area contributed by atoms with E-state index in [1.807, 2.05) is 0 Å². The number of carbonyl (C=O) groups excluding carboxylic acids is 1. The summed E-state index contributed by atoms with van der Waals surface area (Å²) in [5.41, 5.74) is 1.22. The molecule has 0 aliphatic heterocycles. The molecule has 5 N–H and O–H groups in total. The van der Waals surface area contributed by atoms with Gasteiger partial charge >= 0.3 is 5.97 Å². The molecule has 0 saturated heterocycles. The second kappa shape index (κ2) is 9.55. The maximum absolute atomic E-state index is 11.9. The van der Waals surface area contributed by atoms with Crippen molar-refractivity contribution < 1.29 is 34.8 Å². The van der Waals surface area contributed by atoms with Gasteiger partial charge in [0.25, 0.3) is 0 Å². The highest BCUT2D eigenvalue weighted by molar-refractivity contribution is 5.90. The van der Waals surface area contributed by atoms with Crippen LogP contribution in [0.25, 0.3) is 0 Å². The molecule has 5 unspecified atom stereocenters. The normalized spacial score (nSPS) is 26.9. The van der Waals surface area contributed by atoms with Crippen molar-refractivity contribution in [2.45, 2.75) is 57.0 Å². The summed E-state index contributed by atoms with van der Waals surface area (Å²) in [6, 6.07) is 4.90. The van der Waals surface area contributed by atoms with Gasteiger partial charge in [0.1, 0.15) is 24.1 Å². The number of carboxylic acid groups (broad SMARTS) is 1. The summed E-state index contributed by atoms with van der Waals surface area (Å²) in [4.78, 5) is 23.1. The molecule has 1 saturated carbocycles. The van der Waals surface area contributed by atoms with Crippen molar-refractivity contribution >= 4 is 17.6 Å². The van der Waals surface area contributed by atoms with Crippen LogP contribution in [-0.4, -0.2) is 56.7 Å². The number of aliphatic hydroxyl groups excluding tert-OH is 3. The average molecular weight is 391 g/mol. The fourth-order valence-electron chi connectivity index (χ4n) is 3.15. The van der Waals surface area contributed by atoms with Gasteiger partial charge in [0.2, 0.25) is 5.91 Å². The minimum atomic E-state index is -1.62. The van der Waals surface area contributed by atoms with E-state index in [4.69, 9.17) is 11.2 Å². The van der Waals surface area contributed by atoms with Crippen LogP contribution in [0.3, 0.4) is 0 Å². The third kappa shape index (κ3) is 5.23. The van der Waals surface area contributed by atoms with E-state index in [1.54, 1.807) is 25.1 Å². The van der Waals surface area contributed by atoms with Crippen LogP contribution >= 0.6 is 0 Å². The molecule has 5 atom stereocenters. The number of nitrogens with one attached hydrogen (secondary N) is 1. The van der Waals surface area contributed by atoms with Crippen LogP contribution in [0.5, 0.6) is 5.75 Å². The number of aryl methyl sites for hydroxylation is 1. The molecular formula is C20H25NO7. The number of terminal acetylenes is 1. The van der Waals surface area contributed by atoms with E-state index >= 15 is 0 Å². The predicted molar refractivity (Wildman–Crippen MR) is 101 cm³/mol. The molecule has 1 amide bonds. The minimum absolute atomic E-state index is 0.151. The number of amides is 1. The lowest BCUT2D eigenvalue weighted by Crippen LogP contribution is -2.57. The van der Waals surface area contributed by atoms with Gasteiger partial charge in [-0.3, -0.25) is 9.59 Å². The highest BCUT2D eigenvalue weighted by atomic mass is 16.5. The molecule has 2 rings (SSSR count). The molecule has 8 heteroatoms. The third-order valence-corrected chi connectivity index (χ3v) is 4.76. The first-order valence-corrected chi connectivity index (χ1v) is 9.02. The van der Waals surface area contributed by atoms with Crippen molar-refractivity contribution in [3.63, 3.8) is 0 Å². The van der Waals surface area contributed by atoms with Crippen LogP contribution in [0.15, 0.2) is 18.2 Å². The number of anilines is 1. The highest BCUT2D eigenvalue weighted by Crippen LogP contribution is 2.31. The van der Waals surface area contributed by atoms with Crippen molar-refractivity contribution in [3.05, 3.63) is 23.8 Å². The van der Waals surface area contributed by atoms with Gasteiger partial charge in [0, 0.05) is 24.9 Å². The van der Waals surface area contributed by atoms with Crippen molar-refractivity contribution in [3.8, 4) is 18.1 Å². The van der Waals surface area contributed by atoms with Gasteiger partial charge in [-0.15, -0.1) is 12.3 Å². The second-order valence-electron chi connectivity index (χ2n) is 6.89. The molecule has 1 aromatic rings. The number of carbonyl (C=O) groups is 2. The lowest BCUT2D eigenvalue weighted by atomic mass is 9.80. The number of ether oxygens (including phenoxy) is 1. The van der Waals surface area contributed by atoms with Gasteiger partial charge in [-0.2, -0.15) is 0 Å².